The summed E-state index contributed by atoms with van der Waals surface area (Å²) >= 11 is 6.01. The van der Waals surface area contributed by atoms with Gasteiger partial charge >= 0.3 is 0 Å². The SMILES string of the molecule is [C-]#[N+]CC1(c2cccc(Cl)c2)CCCC1. The van der Waals surface area contributed by atoms with Crippen molar-refractivity contribution in [2.45, 2.75) is 31.1 Å². The molecule has 0 aromatic heterocycles. The topological polar surface area (TPSA) is 4.36 Å². The van der Waals surface area contributed by atoms with Crippen molar-refractivity contribution in [2.75, 3.05) is 6.54 Å². The Morgan fingerprint density at radius 2 is 2.07 bits per heavy atom. The fourth-order valence-electron chi connectivity index (χ4n) is 2.56. The van der Waals surface area contributed by atoms with Gasteiger partial charge in [0.25, 0.3) is 0 Å². The molecule has 0 bridgehead atoms. The minimum absolute atomic E-state index is 0.0899. The minimum atomic E-state index is 0.0899. The predicted molar refractivity (Wildman–Crippen MR) is 63.1 cm³/mol. The third-order valence-electron chi connectivity index (χ3n) is 3.38. The largest absolute Gasteiger partial charge is 0.316 e. The minimum Gasteiger partial charge on any atom is -0.316 e. The number of hydrogen-bond donors (Lipinski definition) is 0. The van der Waals surface area contributed by atoms with Crippen molar-refractivity contribution >= 4 is 11.6 Å². The Morgan fingerprint density at radius 3 is 2.67 bits per heavy atom. The average Bonchev–Trinajstić information content (AvgIpc) is 2.68. The summed E-state index contributed by atoms with van der Waals surface area (Å²) in [7, 11) is 0. The van der Waals surface area contributed by atoms with Gasteiger partial charge in [0.2, 0.25) is 6.54 Å². The van der Waals surface area contributed by atoms with E-state index in [1.165, 1.54) is 18.4 Å². The van der Waals surface area contributed by atoms with Gasteiger partial charge in [0.1, 0.15) is 0 Å². The molecule has 0 atom stereocenters. The summed E-state index contributed by atoms with van der Waals surface area (Å²) in [6.45, 7) is 7.69. The third kappa shape index (κ3) is 2.01. The molecule has 1 aromatic carbocycles. The van der Waals surface area contributed by atoms with Crippen molar-refractivity contribution in [3.63, 3.8) is 0 Å². The molecule has 1 aliphatic rings. The van der Waals surface area contributed by atoms with Crippen LogP contribution in [0.4, 0.5) is 0 Å². The van der Waals surface area contributed by atoms with Crippen LogP contribution in [0.3, 0.4) is 0 Å². The van der Waals surface area contributed by atoms with E-state index in [4.69, 9.17) is 18.2 Å². The highest BCUT2D eigenvalue weighted by molar-refractivity contribution is 6.30. The van der Waals surface area contributed by atoms with E-state index >= 15 is 0 Å². The zero-order valence-corrected chi connectivity index (χ0v) is 9.43. The summed E-state index contributed by atoms with van der Waals surface area (Å²) in [5, 5.41) is 0.781. The Labute approximate surface area is 95.9 Å². The first-order valence-corrected chi connectivity index (χ1v) is 5.74. The van der Waals surface area contributed by atoms with Crippen molar-refractivity contribution in [2.24, 2.45) is 0 Å². The van der Waals surface area contributed by atoms with Crippen molar-refractivity contribution in [3.05, 3.63) is 46.3 Å². The van der Waals surface area contributed by atoms with Gasteiger partial charge in [-0.05, 0) is 30.5 Å². The maximum atomic E-state index is 7.09. The van der Waals surface area contributed by atoms with Crippen molar-refractivity contribution in [1.82, 2.24) is 0 Å². The van der Waals surface area contributed by atoms with Gasteiger partial charge in [0.05, 0.1) is 5.41 Å². The Morgan fingerprint density at radius 1 is 1.33 bits per heavy atom. The molecule has 1 nitrogen and oxygen atoms in total. The molecule has 1 saturated carbocycles. The lowest BCUT2D eigenvalue weighted by atomic mass is 9.79. The summed E-state index contributed by atoms with van der Waals surface area (Å²) < 4.78 is 0. The summed E-state index contributed by atoms with van der Waals surface area (Å²) in [4.78, 5) is 3.60. The second kappa shape index (κ2) is 4.24. The van der Waals surface area contributed by atoms with E-state index in [-0.39, 0.29) is 5.41 Å². The molecule has 0 saturated heterocycles. The quantitative estimate of drug-likeness (QED) is 0.661. The second-order valence-corrected chi connectivity index (χ2v) is 4.75. The first-order chi connectivity index (χ1) is 7.27. The molecule has 2 heteroatoms. The van der Waals surface area contributed by atoms with Gasteiger partial charge in [0.15, 0.2) is 0 Å². The second-order valence-electron chi connectivity index (χ2n) is 4.31. The molecule has 78 valence electrons. The van der Waals surface area contributed by atoms with E-state index < -0.39 is 0 Å². The van der Waals surface area contributed by atoms with E-state index in [2.05, 4.69) is 10.9 Å². The molecule has 0 aliphatic heterocycles. The lowest BCUT2D eigenvalue weighted by Gasteiger charge is -2.23. The fourth-order valence-corrected chi connectivity index (χ4v) is 2.75. The average molecular weight is 220 g/mol. The first kappa shape index (κ1) is 10.5. The number of halogens is 1. The van der Waals surface area contributed by atoms with Crippen LogP contribution < -0.4 is 0 Å². The molecule has 0 radical (unpaired) electrons. The number of benzene rings is 1. The zero-order chi connectivity index (χ0) is 10.7. The van der Waals surface area contributed by atoms with Crippen LogP contribution >= 0.6 is 11.6 Å². The van der Waals surface area contributed by atoms with E-state index in [9.17, 15) is 0 Å². The molecule has 1 aromatic rings. The van der Waals surface area contributed by atoms with Crippen LogP contribution in [0.25, 0.3) is 4.85 Å². The summed E-state index contributed by atoms with van der Waals surface area (Å²) in [6, 6.07) is 8.02. The lowest BCUT2D eigenvalue weighted by Crippen LogP contribution is -2.25. The highest BCUT2D eigenvalue weighted by atomic mass is 35.5. The molecule has 0 unspecified atom stereocenters. The van der Waals surface area contributed by atoms with Gasteiger partial charge in [0, 0.05) is 5.02 Å². The monoisotopic (exact) mass is 219 g/mol. The Bertz CT molecular complexity index is 386. The highest BCUT2D eigenvalue weighted by Crippen LogP contribution is 2.41. The van der Waals surface area contributed by atoms with Crippen molar-refractivity contribution in [1.29, 1.82) is 0 Å². The predicted octanol–water partition coefficient (Wildman–Crippen LogP) is 4.07. The van der Waals surface area contributed by atoms with Crippen LogP contribution in [0.15, 0.2) is 24.3 Å². The highest BCUT2D eigenvalue weighted by Gasteiger charge is 2.38. The Balaban J connectivity index is 2.37. The van der Waals surface area contributed by atoms with Crippen molar-refractivity contribution in [3.8, 4) is 0 Å². The maximum absolute atomic E-state index is 7.09. The van der Waals surface area contributed by atoms with E-state index in [1.54, 1.807) is 0 Å². The van der Waals surface area contributed by atoms with Gasteiger partial charge in [-0.15, -0.1) is 0 Å². The molecule has 0 amide bonds. The standard InChI is InChI=1S/C13H14ClN/c1-15-10-13(7-2-3-8-13)11-5-4-6-12(14)9-11/h4-6,9H,2-3,7-8,10H2. The molecule has 0 spiro atoms. The zero-order valence-electron chi connectivity index (χ0n) is 8.67. The molecule has 0 N–H and O–H groups in total. The molecule has 15 heavy (non-hydrogen) atoms. The van der Waals surface area contributed by atoms with Crippen LogP contribution in [-0.2, 0) is 5.41 Å². The fraction of sp³-hybridized carbons (Fsp3) is 0.462. The molecule has 2 rings (SSSR count). The summed E-state index contributed by atoms with van der Waals surface area (Å²) in [5.74, 6) is 0. The van der Waals surface area contributed by atoms with E-state index in [0.29, 0.717) is 6.54 Å². The van der Waals surface area contributed by atoms with Gasteiger partial charge in [-0.3, -0.25) is 0 Å². The maximum Gasteiger partial charge on any atom is 0.224 e. The van der Waals surface area contributed by atoms with Crippen molar-refractivity contribution < 1.29 is 0 Å². The normalized spacial score (nSPS) is 18.7. The van der Waals surface area contributed by atoms with E-state index in [1.807, 2.05) is 18.2 Å². The summed E-state index contributed by atoms with van der Waals surface area (Å²) in [5.41, 5.74) is 1.34. The summed E-state index contributed by atoms with van der Waals surface area (Å²) in [6.07, 6.45) is 4.75. The van der Waals surface area contributed by atoms with Crippen LogP contribution in [-0.4, -0.2) is 6.54 Å². The van der Waals surface area contributed by atoms with Gasteiger partial charge in [-0.1, -0.05) is 36.6 Å². The number of hydrogen-bond acceptors (Lipinski definition) is 0. The third-order valence-corrected chi connectivity index (χ3v) is 3.61. The van der Waals surface area contributed by atoms with Crippen LogP contribution in [0.2, 0.25) is 5.02 Å². The van der Waals surface area contributed by atoms with Gasteiger partial charge in [-0.2, -0.15) is 0 Å². The van der Waals surface area contributed by atoms with E-state index in [0.717, 1.165) is 17.9 Å². The number of rotatable bonds is 2. The first-order valence-electron chi connectivity index (χ1n) is 5.36. The Hall–Kier alpha value is -1.00. The van der Waals surface area contributed by atoms with Gasteiger partial charge < -0.3 is 4.85 Å². The lowest BCUT2D eigenvalue weighted by molar-refractivity contribution is 0.478. The molecule has 1 fully saturated rings. The molecular formula is C13H14ClN. The number of nitrogens with zero attached hydrogens (tertiary/aromatic N) is 1. The smallest absolute Gasteiger partial charge is 0.224 e. The molecule has 0 heterocycles. The van der Waals surface area contributed by atoms with Crippen LogP contribution in [0, 0.1) is 6.57 Å². The van der Waals surface area contributed by atoms with Crippen LogP contribution in [0.1, 0.15) is 31.2 Å². The molecular weight excluding hydrogens is 206 g/mol. The molecule has 1 aliphatic carbocycles. The van der Waals surface area contributed by atoms with Crippen LogP contribution in [0.5, 0.6) is 0 Å². The van der Waals surface area contributed by atoms with Gasteiger partial charge in [-0.25, -0.2) is 6.57 Å². The Kier molecular flexibility index (Phi) is 2.98.